The summed E-state index contributed by atoms with van der Waals surface area (Å²) in [6.45, 7) is 4.64. The Hall–Kier alpha value is -4.31. The van der Waals surface area contributed by atoms with Gasteiger partial charge in [-0.15, -0.1) is 0 Å². The van der Waals surface area contributed by atoms with Crippen molar-refractivity contribution in [3.63, 3.8) is 0 Å². The quantitative estimate of drug-likeness (QED) is 0.0195. The van der Waals surface area contributed by atoms with Crippen LogP contribution in [-0.4, -0.2) is 82.3 Å². The van der Waals surface area contributed by atoms with Crippen LogP contribution in [-0.2, 0) is 33.3 Å². The Morgan fingerprint density at radius 3 is 0.955 bits per heavy atom. The van der Waals surface area contributed by atoms with Crippen LogP contribution in [0.2, 0.25) is 0 Å². The standard InChI is InChI=1S/C80H137NO8/c1-6-8-10-12-14-16-18-20-22-24-26-28-30-31-32-33-34-35-36-37-38-39-40-41-42-43-44-45-46-47-49-51-53-55-57-59-61-63-65-67-69-71-78(83)89-76(75-88-80(79(84)85)86-73-72-81(3,4)5)74-87-77(82)70-68-66-64-62-60-58-56-54-52-50-48-29-27-25-23-21-19-17-15-13-11-9-7-2/h8,10,14,16,19-22,25-28,31-32,34-35,37-38,40-41,76,80H,6-7,9,11-13,15,17-18,23-24,29-30,33,36,39,42-75H2,1-5H3/b10-8-,16-14-,21-19-,22-20-,27-25-,28-26-,32-31-,35-34-,38-37-,41-40-. The van der Waals surface area contributed by atoms with Gasteiger partial charge in [0.2, 0.25) is 0 Å². The van der Waals surface area contributed by atoms with E-state index < -0.39 is 24.3 Å². The lowest BCUT2D eigenvalue weighted by atomic mass is 10.0. The van der Waals surface area contributed by atoms with Crippen LogP contribution < -0.4 is 5.11 Å². The maximum atomic E-state index is 12.9. The van der Waals surface area contributed by atoms with Crippen LogP contribution in [0, 0.1) is 0 Å². The molecule has 510 valence electrons. The number of allylic oxidation sites excluding steroid dienone is 20. The Bertz CT molecular complexity index is 1880. The number of unbranched alkanes of at least 4 members (excludes halogenated alkanes) is 32. The molecule has 0 bridgehead atoms. The molecule has 0 aromatic carbocycles. The lowest BCUT2D eigenvalue weighted by Crippen LogP contribution is -2.44. The molecule has 89 heavy (non-hydrogen) atoms. The highest BCUT2D eigenvalue weighted by Gasteiger charge is 2.22. The first kappa shape index (κ1) is 84.7. The predicted octanol–water partition coefficient (Wildman–Crippen LogP) is 21.8. The number of carboxylic acids is 1. The van der Waals surface area contributed by atoms with Crippen molar-refractivity contribution in [2.45, 2.75) is 322 Å². The molecule has 0 rings (SSSR count). The fourth-order valence-corrected chi connectivity index (χ4v) is 10.1. The summed E-state index contributed by atoms with van der Waals surface area (Å²) in [6.07, 6.45) is 95.7. The third-order valence-electron chi connectivity index (χ3n) is 15.7. The fourth-order valence-electron chi connectivity index (χ4n) is 10.1. The lowest BCUT2D eigenvalue weighted by Gasteiger charge is -2.26. The number of rotatable bonds is 67. The summed E-state index contributed by atoms with van der Waals surface area (Å²) in [7, 11) is 5.93. The number of quaternary nitrogens is 1. The zero-order chi connectivity index (χ0) is 64.7. The zero-order valence-corrected chi connectivity index (χ0v) is 58.3. The number of hydrogen-bond acceptors (Lipinski definition) is 8. The highest BCUT2D eigenvalue weighted by atomic mass is 16.7. The van der Waals surface area contributed by atoms with E-state index in [0.717, 1.165) is 96.3 Å². The van der Waals surface area contributed by atoms with Gasteiger partial charge in [-0.05, 0) is 109 Å². The number of nitrogens with zero attached hydrogens (tertiary/aromatic N) is 1. The van der Waals surface area contributed by atoms with Crippen LogP contribution in [0.1, 0.15) is 309 Å². The van der Waals surface area contributed by atoms with Crippen molar-refractivity contribution in [3.8, 4) is 0 Å². The Morgan fingerprint density at radius 2 is 0.640 bits per heavy atom. The number of carbonyl (C=O) groups excluding carboxylic acids is 3. The van der Waals surface area contributed by atoms with Crippen molar-refractivity contribution in [1.82, 2.24) is 0 Å². The SMILES string of the molecule is CC/C=C\C/C=C\C/C=C\C/C=C\C/C=C\C/C=C\C/C=C\C/C=C\CCCCCCCCCCCCCCCCCCC(=O)OC(COC(=O)CCCCCCCCCCCCC/C=C\C/C=C\CCCCCCC)COC(OCC[N+](C)(C)C)C(=O)[O-]. The van der Waals surface area contributed by atoms with E-state index in [1.165, 1.54) is 180 Å². The van der Waals surface area contributed by atoms with E-state index in [1.54, 1.807) is 0 Å². The number of esters is 2. The molecule has 0 aromatic heterocycles. The minimum Gasteiger partial charge on any atom is -0.545 e. The van der Waals surface area contributed by atoms with Crippen molar-refractivity contribution < 1.29 is 42.9 Å². The summed E-state index contributed by atoms with van der Waals surface area (Å²) in [5, 5.41) is 11.8. The Morgan fingerprint density at radius 1 is 0.348 bits per heavy atom. The number of hydrogen-bond donors (Lipinski definition) is 0. The normalized spacial score (nSPS) is 13.4. The van der Waals surface area contributed by atoms with Gasteiger partial charge in [0.05, 0.1) is 40.3 Å². The highest BCUT2D eigenvalue weighted by Crippen LogP contribution is 2.17. The summed E-state index contributed by atoms with van der Waals surface area (Å²) in [6, 6.07) is 0. The second kappa shape index (κ2) is 69.6. The van der Waals surface area contributed by atoms with E-state index in [-0.39, 0.29) is 38.6 Å². The van der Waals surface area contributed by atoms with E-state index in [1.807, 2.05) is 21.1 Å². The molecule has 2 atom stereocenters. The number of aliphatic carboxylic acids is 1. The van der Waals surface area contributed by atoms with Gasteiger partial charge in [0.1, 0.15) is 13.2 Å². The molecular formula is C80H137NO8. The number of carbonyl (C=O) groups is 3. The molecule has 0 spiro atoms. The molecule has 0 radical (unpaired) electrons. The van der Waals surface area contributed by atoms with Crippen molar-refractivity contribution in [2.75, 3.05) is 47.5 Å². The minimum absolute atomic E-state index is 0.144. The molecule has 2 unspecified atom stereocenters. The van der Waals surface area contributed by atoms with Gasteiger partial charge in [0.15, 0.2) is 12.4 Å². The van der Waals surface area contributed by atoms with Gasteiger partial charge in [-0.3, -0.25) is 9.59 Å². The van der Waals surface area contributed by atoms with Crippen LogP contribution in [0.3, 0.4) is 0 Å². The summed E-state index contributed by atoms with van der Waals surface area (Å²) in [5.41, 5.74) is 0. The van der Waals surface area contributed by atoms with Gasteiger partial charge < -0.3 is 33.3 Å². The second-order valence-corrected chi connectivity index (χ2v) is 25.5. The molecule has 0 aliphatic heterocycles. The first-order valence-corrected chi connectivity index (χ1v) is 36.7. The van der Waals surface area contributed by atoms with E-state index in [4.69, 9.17) is 18.9 Å². The first-order chi connectivity index (χ1) is 43.6. The van der Waals surface area contributed by atoms with Gasteiger partial charge >= 0.3 is 11.9 Å². The molecule has 0 aromatic rings. The predicted molar refractivity (Wildman–Crippen MR) is 380 cm³/mol. The molecule has 0 heterocycles. The molecule has 0 aliphatic carbocycles. The summed E-state index contributed by atoms with van der Waals surface area (Å²) >= 11 is 0. The fraction of sp³-hybridized carbons (Fsp3) is 0.713. The van der Waals surface area contributed by atoms with E-state index in [9.17, 15) is 19.5 Å². The monoisotopic (exact) mass is 1240 g/mol. The minimum atomic E-state index is -1.63. The first-order valence-electron chi connectivity index (χ1n) is 36.7. The van der Waals surface area contributed by atoms with Gasteiger partial charge in [0.25, 0.3) is 0 Å². The molecule has 0 aliphatic rings. The maximum Gasteiger partial charge on any atom is 0.306 e. The van der Waals surface area contributed by atoms with Gasteiger partial charge in [-0.2, -0.15) is 0 Å². The molecule has 0 N–H and O–H groups in total. The van der Waals surface area contributed by atoms with Crippen LogP contribution in [0.5, 0.6) is 0 Å². The van der Waals surface area contributed by atoms with Crippen molar-refractivity contribution in [1.29, 1.82) is 0 Å². The Balaban J connectivity index is 4.06. The molecule has 0 saturated carbocycles. The largest absolute Gasteiger partial charge is 0.545 e. The van der Waals surface area contributed by atoms with Crippen molar-refractivity contribution in [3.05, 3.63) is 122 Å². The second-order valence-electron chi connectivity index (χ2n) is 25.5. The summed E-state index contributed by atoms with van der Waals surface area (Å²) < 4.78 is 22.8. The molecule has 9 nitrogen and oxygen atoms in total. The van der Waals surface area contributed by atoms with E-state index in [2.05, 4.69) is 135 Å². The third-order valence-corrected chi connectivity index (χ3v) is 15.7. The zero-order valence-electron chi connectivity index (χ0n) is 58.3. The smallest absolute Gasteiger partial charge is 0.306 e. The van der Waals surface area contributed by atoms with Crippen LogP contribution in [0.4, 0.5) is 0 Å². The topological polar surface area (TPSA) is 111 Å². The van der Waals surface area contributed by atoms with E-state index in [0.29, 0.717) is 17.4 Å². The lowest BCUT2D eigenvalue weighted by molar-refractivity contribution is -0.870. The molecule has 9 heteroatoms. The molecule has 0 fully saturated rings. The van der Waals surface area contributed by atoms with Crippen LogP contribution >= 0.6 is 0 Å². The average molecular weight is 1240 g/mol. The van der Waals surface area contributed by atoms with Crippen molar-refractivity contribution >= 4 is 17.9 Å². The van der Waals surface area contributed by atoms with Crippen molar-refractivity contribution in [2.24, 2.45) is 0 Å². The molecule has 0 amide bonds. The van der Waals surface area contributed by atoms with Gasteiger partial charge in [-0.1, -0.05) is 309 Å². The number of carboxylic acid groups (broad SMARTS) is 1. The number of ether oxygens (including phenoxy) is 4. The molecule has 0 saturated heterocycles. The Kier molecular flexibility index (Phi) is 66.2. The summed E-state index contributed by atoms with van der Waals surface area (Å²) in [4.78, 5) is 37.5. The van der Waals surface area contributed by atoms with Gasteiger partial charge in [-0.25, -0.2) is 0 Å². The van der Waals surface area contributed by atoms with Crippen LogP contribution in [0.25, 0.3) is 0 Å². The summed E-state index contributed by atoms with van der Waals surface area (Å²) in [5.74, 6) is -2.28. The Labute approximate surface area is 548 Å². The third kappa shape index (κ3) is 71.0. The highest BCUT2D eigenvalue weighted by molar-refractivity contribution is 5.70. The number of likely N-dealkylation sites (N-methyl/N-ethyl adjacent to an activating group) is 1. The molecular weight excluding hydrogens is 1100 g/mol. The maximum absolute atomic E-state index is 12.9. The van der Waals surface area contributed by atoms with E-state index >= 15 is 0 Å². The van der Waals surface area contributed by atoms with Crippen LogP contribution in [0.15, 0.2) is 122 Å². The average Bonchev–Trinajstić information content (AvgIpc) is 3.64. The van der Waals surface area contributed by atoms with Gasteiger partial charge in [0, 0.05) is 12.8 Å².